The Morgan fingerprint density at radius 2 is 1.54 bits per heavy atom. The number of hydrogen-bond donors (Lipinski definition) is 0. The first-order valence-electron chi connectivity index (χ1n) is 5.78. The predicted octanol–water partition coefficient (Wildman–Crippen LogP) is 3.53. The summed E-state index contributed by atoms with van der Waals surface area (Å²) in [5.74, 6) is 0. The summed E-state index contributed by atoms with van der Waals surface area (Å²) in [7, 11) is 0. The molecule has 0 aromatic carbocycles. The van der Waals surface area contributed by atoms with Gasteiger partial charge in [-0.1, -0.05) is 35.2 Å². The molecule has 76 valence electrons. The van der Waals surface area contributed by atoms with Crippen LogP contribution in [-0.2, 0) is 0 Å². The van der Waals surface area contributed by atoms with Gasteiger partial charge in [-0.25, -0.2) is 0 Å². The monoisotopic (exact) mass is 245 g/mol. The molecule has 2 fully saturated rings. The molecule has 1 aliphatic heterocycles. The van der Waals surface area contributed by atoms with Gasteiger partial charge in [0.15, 0.2) is 0 Å². The molecule has 1 saturated heterocycles. The van der Waals surface area contributed by atoms with Crippen LogP contribution in [-0.4, -0.2) is 22.4 Å². The fourth-order valence-electron chi connectivity index (χ4n) is 2.74. The summed E-state index contributed by atoms with van der Waals surface area (Å²) in [6.45, 7) is 1.33. The molecule has 2 aliphatic rings. The third-order valence-corrected chi connectivity index (χ3v) is 4.50. The lowest BCUT2D eigenvalue weighted by atomic mass is 9.93. The molecular formula is C11H20BrN. The van der Waals surface area contributed by atoms with E-state index in [1.807, 2.05) is 0 Å². The van der Waals surface area contributed by atoms with Crippen LogP contribution < -0.4 is 0 Å². The Kier molecular flexibility index (Phi) is 3.67. The molecule has 0 aromatic heterocycles. The van der Waals surface area contributed by atoms with E-state index in [0.29, 0.717) is 4.95 Å². The van der Waals surface area contributed by atoms with E-state index in [2.05, 4.69) is 20.8 Å². The van der Waals surface area contributed by atoms with Gasteiger partial charge in [-0.05, 0) is 38.6 Å². The number of rotatable bonds is 1. The van der Waals surface area contributed by atoms with Gasteiger partial charge in [-0.3, -0.25) is 4.90 Å². The normalized spacial score (nSPS) is 33.5. The number of alkyl halides is 1. The van der Waals surface area contributed by atoms with E-state index >= 15 is 0 Å². The van der Waals surface area contributed by atoms with Crippen LogP contribution in [0.1, 0.15) is 51.4 Å². The molecule has 0 radical (unpaired) electrons. The zero-order valence-electron chi connectivity index (χ0n) is 8.34. The van der Waals surface area contributed by atoms with Crippen LogP contribution in [0.3, 0.4) is 0 Å². The van der Waals surface area contributed by atoms with Crippen molar-refractivity contribution in [2.24, 2.45) is 0 Å². The van der Waals surface area contributed by atoms with Crippen molar-refractivity contribution in [1.29, 1.82) is 0 Å². The largest absolute Gasteiger partial charge is 0.288 e. The molecule has 13 heavy (non-hydrogen) atoms. The maximum Gasteiger partial charge on any atom is 0.0658 e. The third-order valence-electron chi connectivity index (χ3n) is 3.51. The van der Waals surface area contributed by atoms with Gasteiger partial charge >= 0.3 is 0 Å². The standard InChI is InChI=1S/C11H20BrN/c12-11-8-4-5-9-13(11)10-6-2-1-3-7-10/h10-11H,1-9H2. The van der Waals surface area contributed by atoms with Gasteiger partial charge in [0.2, 0.25) is 0 Å². The van der Waals surface area contributed by atoms with Crippen molar-refractivity contribution in [3.05, 3.63) is 0 Å². The summed E-state index contributed by atoms with van der Waals surface area (Å²) in [4.78, 5) is 3.40. The molecule has 1 aliphatic carbocycles. The smallest absolute Gasteiger partial charge is 0.0658 e. The van der Waals surface area contributed by atoms with Gasteiger partial charge in [0.05, 0.1) is 4.95 Å². The molecule has 1 atom stereocenters. The van der Waals surface area contributed by atoms with Crippen LogP contribution in [0, 0.1) is 0 Å². The van der Waals surface area contributed by atoms with Gasteiger partial charge in [0.1, 0.15) is 0 Å². The Bertz CT molecular complexity index is 154. The molecule has 0 aromatic rings. The predicted molar refractivity (Wildman–Crippen MR) is 60.1 cm³/mol. The topological polar surface area (TPSA) is 3.24 Å². The highest BCUT2D eigenvalue weighted by Crippen LogP contribution is 2.30. The second kappa shape index (κ2) is 4.79. The third kappa shape index (κ3) is 2.47. The van der Waals surface area contributed by atoms with Gasteiger partial charge in [0.25, 0.3) is 0 Å². The Balaban J connectivity index is 1.88. The molecule has 2 rings (SSSR count). The molecule has 1 nitrogen and oxygen atoms in total. The van der Waals surface area contributed by atoms with Crippen LogP contribution in [0.25, 0.3) is 0 Å². The van der Waals surface area contributed by atoms with Crippen LogP contribution in [0.5, 0.6) is 0 Å². The lowest BCUT2D eigenvalue weighted by Crippen LogP contribution is -2.44. The zero-order chi connectivity index (χ0) is 9.10. The van der Waals surface area contributed by atoms with E-state index in [-0.39, 0.29) is 0 Å². The average Bonchev–Trinajstić information content (AvgIpc) is 2.20. The summed E-state index contributed by atoms with van der Waals surface area (Å²) in [5, 5.41) is 0. The first-order valence-corrected chi connectivity index (χ1v) is 6.69. The lowest BCUT2D eigenvalue weighted by molar-refractivity contribution is 0.117. The van der Waals surface area contributed by atoms with E-state index in [1.54, 1.807) is 0 Å². The second-order valence-corrected chi connectivity index (χ2v) is 5.52. The molecule has 2 heteroatoms. The summed E-state index contributed by atoms with van der Waals surface area (Å²) in [6.07, 6.45) is 11.5. The van der Waals surface area contributed by atoms with Crippen molar-refractivity contribution in [3.8, 4) is 0 Å². The lowest BCUT2D eigenvalue weighted by Gasteiger charge is -2.40. The van der Waals surface area contributed by atoms with E-state index < -0.39 is 0 Å². The fraction of sp³-hybridized carbons (Fsp3) is 1.00. The molecule has 0 bridgehead atoms. The quantitative estimate of drug-likeness (QED) is 0.505. The van der Waals surface area contributed by atoms with Gasteiger partial charge in [-0.15, -0.1) is 0 Å². The highest BCUT2D eigenvalue weighted by Gasteiger charge is 2.27. The molecule has 0 N–H and O–H groups in total. The minimum absolute atomic E-state index is 0.685. The number of likely N-dealkylation sites (tertiary alicyclic amines) is 1. The Morgan fingerprint density at radius 1 is 0.846 bits per heavy atom. The molecular weight excluding hydrogens is 226 g/mol. The molecule has 1 saturated carbocycles. The average molecular weight is 246 g/mol. The van der Waals surface area contributed by atoms with Crippen molar-refractivity contribution < 1.29 is 0 Å². The van der Waals surface area contributed by atoms with Crippen molar-refractivity contribution in [1.82, 2.24) is 4.90 Å². The molecule has 0 spiro atoms. The fourth-order valence-corrected chi connectivity index (χ4v) is 3.60. The van der Waals surface area contributed by atoms with E-state index in [1.165, 1.54) is 57.9 Å². The van der Waals surface area contributed by atoms with Gasteiger partial charge in [-0.2, -0.15) is 0 Å². The van der Waals surface area contributed by atoms with Gasteiger partial charge < -0.3 is 0 Å². The number of nitrogens with zero attached hydrogens (tertiary/aromatic N) is 1. The number of hydrogen-bond acceptors (Lipinski definition) is 1. The Hall–Kier alpha value is 0.440. The van der Waals surface area contributed by atoms with E-state index in [0.717, 1.165) is 6.04 Å². The first kappa shape index (κ1) is 9.97. The van der Waals surface area contributed by atoms with Crippen molar-refractivity contribution in [3.63, 3.8) is 0 Å². The minimum Gasteiger partial charge on any atom is -0.288 e. The summed E-state index contributed by atoms with van der Waals surface area (Å²) in [5.41, 5.74) is 0. The van der Waals surface area contributed by atoms with Crippen molar-refractivity contribution in [2.75, 3.05) is 6.54 Å². The Labute approximate surface area is 90.0 Å². The van der Waals surface area contributed by atoms with Crippen LogP contribution in [0.2, 0.25) is 0 Å². The van der Waals surface area contributed by atoms with E-state index in [4.69, 9.17) is 0 Å². The van der Waals surface area contributed by atoms with Crippen molar-refractivity contribution in [2.45, 2.75) is 62.4 Å². The maximum absolute atomic E-state index is 3.82. The number of piperidine rings is 1. The number of halogens is 1. The molecule has 0 amide bonds. The van der Waals surface area contributed by atoms with Crippen LogP contribution >= 0.6 is 15.9 Å². The minimum atomic E-state index is 0.685. The van der Waals surface area contributed by atoms with Gasteiger partial charge in [0, 0.05) is 6.04 Å². The SMILES string of the molecule is BrC1CCCCN1C1CCCCC1. The maximum atomic E-state index is 3.82. The first-order chi connectivity index (χ1) is 6.38. The molecule has 1 unspecified atom stereocenters. The summed E-state index contributed by atoms with van der Waals surface area (Å²) in [6, 6.07) is 0.901. The highest BCUT2D eigenvalue weighted by molar-refractivity contribution is 9.09. The highest BCUT2D eigenvalue weighted by atomic mass is 79.9. The van der Waals surface area contributed by atoms with E-state index in [9.17, 15) is 0 Å². The summed E-state index contributed by atoms with van der Waals surface area (Å²) >= 11 is 3.82. The van der Waals surface area contributed by atoms with Crippen LogP contribution in [0.4, 0.5) is 0 Å². The zero-order valence-corrected chi connectivity index (χ0v) is 9.93. The second-order valence-electron chi connectivity index (χ2n) is 4.46. The van der Waals surface area contributed by atoms with Crippen molar-refractivity contribution >= 4 is 15.9 Å². The van der Waals surface area contributed by atoms with Crippen LogP contribution in [0.15, 0.2) is 0 Å². The molecule has 1 heterocycles. The Morgan fingerprint density at radius 3 is 2.23 bits per heavy atom. The summed E-state index contributed by atoms with van der Waals surface area (Å²) < 4.78 is 0.